The molecule has 0 aliphatic carbocycles. The molecule has 4 heteroatoms. The molecule has 1 aromatic carbocycles. The second-order valence-corrected chi connectivity index (χ2v) is 5.04. The number of likely N-dealkylation sites (N-methyl/N-ethyl adjacent to an activating group) is 1. The number of halogens is 1. The van der Waals surface area contributed by atoms with E-state index in [4.69, 9.17) is 0 Å². The van der Waals surface area contributed by atoms with Crippen molar-refractivity contribution >= 4 is 5.91 Å². The standard InChI is InChI=1S/C15H21FN2O/c1-3-17-7-4-8-18(10-9-17)15(19)13-6-5-12(2)14(16)11-13/h5-6,11H,3-4,7-10H2,1-2H3. The first-order valence-electron chi connectivity index (χ1n) is 6.89. The second kappa shape index (κ2) is 6.15. The number of carbonyl (C=O) groups is 1. The van der Waals surface area contributed by atoms with Crippen molar-refractivity contribution in [2.75, 3.05) is 32.7 Å². The molecule has 3 nitrogen and oxygen atoms in total. The summed E-state index contributed by atoms with van der Waals surface area (Å²) in [4.78, 5) is 16.5. The molecule has 1 amide bonds. The molecule has 0 radical (unpaired) electrons. The molecular formula is C15H21FN2O. The van der Waals surface area contributed by atoms with Gasteiger partial charge in [-0.05, 0) is 44.1 Å². The molecule has 0 unspecified atom stereocenters. The highest BCUT2D eigenvalue weighted by Crippen LogP contribution is 2.13. The lowest BCUT2D eigenvalue weighted by Crippen LogP contribution is -2.35. The molecule has 1 saturated heterocycles. The van der Waals surface area contributed by atoms with Crippen molar-refractivity contribution in [2.24, 2.45) is 0 Å². The van der Waals surface area contributed by atoms with Crippen LogP contribution in [0.5, 0.6) is 0 Å². The molecule has 0 saturated carbocycles. The molecule has 0 N–H and O–H groups in total. The largest absolute Gasteiger partial charge is 0.337 e. The Kier molecular flexibility index (Phi) is 4.53. The van der Waals surface area contributed by atoms with Crippen LogP contribution in [0, 0.1) is 12.7 Å². The van der Waals surface area contributed by atoms with Crippen LogP contribution in [0.25, 0.3) is 0 Å². The lowest BCUT2D eigenvalue weighted by atomic mass is 10.1. The summed E-state index contributed by atoms with van der Waals surface area (Å²) < 4.78 is 13.5. The van der Waals surface area contributed by atoms with Gasteiger partial charge in [-0.25, -0.2) is 4.39 Å². The van der Waals surface area contributed by atoms with E-state index in [-0.39, 0.29) is 11.7 Å². The third kappa shape index (κ3) is 3.32. The van der Waals surface area contributed by atoms with Crippen molar-refractivity contribution in [1.82, 2.24) is 9.80 Å². The summed E-state index contributed by atoms with van der Waals surface area (Å²) in [6, 6.07) is 4.72. The Balaban J connectivity index is 2.08. The monoisotopic (exact) mass is 264 g/mol. The maximum atomic E-state index is 13.5. The molecule has 0 aromatic heterocycles. The summed E-state index contributed by atoms with van der Waals surface area (Å²) in [6.07, 6.45) is 0.980. The molecule has 1 aliphatic heterocycles. The maximum absolute atomic E-state index is 13.5. The number of nitrogens with zero attached hydrogens (tertiary/aromatic N) is 2. The van der Waals surface area contributed by atoms with Gasteiger partial charge in [0.05, 0.1) is 0 Å². The summed E-state index contributed by atoms with van der Waals surface area (Å²) in [6.45, 7) is 8.26. The zero-order valence-corrected chi connectivity index (χ0v) is 11.7. The van der Waals surface area contributed by atoms with Crippen LogP contribution in [0.3, 0.4) is 0 Å². The highest BCUT2D eigenvalue weighted by molar-refractivity contribution is 5.94. The van der Waals surface area contributed by atoms with Crippen LogP contribution in [0.2, 0.25) is 0 Å². The number of hydrogen-bond donors (Lipinski definition) is 0. The topological polar surface area (TPSA) is 23.6 Å². The van der Waals surface area contributed by atoms with Gasteiger partial charge in [0.2, 0.25) is 0 Å². The zero-order chi connectivity index (χ0) is 13.8. The van der Waals surface area contributed by atoms with Crippen LogP contribution in [-0.2, 0) is 0 Å². The predicted molar refractivity (Wildman–Crippen MR) is 73.8 cm³/mol. The minimum Gasteiger partial charge on any atom is -0.337 e. The average Bonchev–Trinajstić information content (AvgIpc) is 2.66. The van der Waals surface area contributed by atoms with Gasteiger partial charge in [0.15, 0.2) is 0 Å². The number of rotatable bonds is 2. The highest BCUT2D eigenvalue weighted by atomic mass is 19.1. The van der Waals surface area contributed by atoms with Crippen molar-refractivity contribution in [3.63, 3.8) is 0 Å². The van der Waals surface area contributed by atoms with Gasteiger partial charge >= 0.3 is 0 Å². The van der Waals surface area contributed by atoms with Crippen molar-refractivity contribution < 1.29 is 9.18 Å². The molecule has 1 fully saturated rings. The van der Waals surface area contributed by atoms with Crippen LogP contribution in [-0.4, -0.2) is 48.4 Å². The fourth-order valence-corrected chi connectivity index (χ4v) is 2.40. The molecule has 2 rings (SSSR count). The van der Waals surface area contributed by atoms with Crippen LogP contribution in [0.15, 0.2) is 18.2 Å². The van der Waals surface area contributed by atoms with E-state index in [2.05, 4.69) is 11.8 Å². The number of amides is 1. The Bertz CT molecular complexity index is 461. The molecule has 19 heavy (non-hydrogen) atoms. The Morgan fingerprint density at radius 3 is 2.74 bits per heavy atom. The molecule has 1 heterocycles. The van der Waals surface area contributed by atoms with Gasteiger partial charge in [-0.3, -0.25) is 4.79 Å². The summed E-state index contributed by atoms with van der Waals surface area (Å²) in [5.41, 5.74) is 1.03. The number of carbonyl (C=O) groups excluding carboxylic acids is 1. The third-order valence-electron chi connectivity index (χ3n) is 3.74. The van der Waals surface area contributed by atoms with Gasteiger partial charge < -0.3 is 9.80 Å². The van der Waals surface area contributed by atoms with E-state index in [9.17, 15) is 9.18 Å². The lowest BCUT2D eigenvalue weighted by molar-refractivity contribution is 0.0761. The van der Waals surface area contributed by atoms with E-state index in [0.717, 1.165) is 39.1 Å². The molecule has 0 spiro atoms. The van der Waals surface area contributed by atoms with Crippen molar-refractivity contribution in [3.8, 4) is 0 Å². The maximum Gasteiger partial charge on any atom is 0.254 e. The molecule has 0 bridgehead atoms. The van der Waals surface area contributed by atoms with Gasteiger partial charge in [-0.1, -0.05) is 13.0 Å². The Morgan fingerprint density at radius 1 is 1.26 bits per heavy atom. The Labute approximate surface area is 114 Å². The van der Waals surface area contributed by atoms with Crippen molar-refractivity contribution in [1.29, 1.82) is 0 Å². The van der Waals surface area contributed by atoms with E-state index >= 15 is 0 Å². The summed E-state index contributed by atoms with van der Waals surface area (Å²) in [7, 11) is 0. The first-order chi connectivity index (χ1) is 9.11. The molecular weight excluding hydrogens is 243 g/mol. The van der Waals surface area contributed by atoms with Gasteiger partial charge in [-0.15, -0.1) is 0 Å². The van der Waals surface area contributed by atoms with Gasteiger partial charge in [0.25, 0.3) is 5.91 Å². The first-order valence-corrected chi connectivity index (χ1v) is 6.89. The zero-order valence-electron chi connectivity index (χ0n) is 11.7. The Hall–Kier alpha value is -1.42. The summed E-state index contributed by atoms with van der Waals surface area (Å²) >= 11 is 0. The van der Waals surface area contributed by atoms with Gasteiger partial charge in [-0.2, -0.15) is 0 Å². The van der Waals surface area contributed by atoms with Crippen LogP contribution >= 0.6 is 0 Å². The molecule has 1 aliphatic rings. The smallest absolute Gasteiger partial charge is 0.254 e. The fraction of sp³-hybridized carbons (Fsp3) is 0.533. The van der Waals surface area contributed by atoms with E-state index in [1.54, 1.807) is 19.1 Å². The van der Waals surface area contributed by atoms with Crippen molar-refractivity contribution in [2.45, 2.75) is 20.3 Å². The van der Waals surface area contributed by atoms with Crippen molar-refractivity contribution in [3.05, 3.63) is 35.1 Å². The van der Waals surface area contributed by atoms with E-state index in [0.29, 0.717) is 11.1 Å². The van der Waals surface area contributed by atoms with E-state index in [1.807, 2.05) is 4.90 Å². The number of aryl methyl sites for hydroxylation is 1. The number of hydrogen-bond acceptors (Lipinski definition) is 2. The first kappa shape index (κ1) is 14.0. The Morgan fingerprint density at radius 2 is 2.05 bits per heavy atom. The summed E-state index contributed by atoms with van der Waals surface area (Å²) in [5, 5.41) is 0. The number of benzene rings is 1. The highest BCUT2D eigenvalue weighted by Gasteiger charge is 2.20. The average molecular weight is 264 g/mol. The minimum atomic E-state index is -0.309. The lowest BCUT2D eigenvalue weighted by Gasteiger charge is -2.21. The minimum absolute atomic E-state index is 0.0585. The molecule has 0 atom stereocenters. The quantitative estimate of drug-likeness (QED) is 0.818. The molecule has 1 aromatic rings. The second-order valence-electron chi connectivity index (χ2n) is 5.04. The van der Waals surface area contributed by atoms with Gasteiger partial charge in [0.1, 0.15) is 5.82 Å². The van der Waals surface area contributed by atoms with E-state index in [1.165, 1.54) is 6.07 Å². The predicted octanol–water partition coefficient (Wildman–Crippen LogP) is 2.30. The fourth-order valence-electron chi connectivity index (χ4n) is 2.40. The summed E-state index contributed by atoms with van der Waals surface area (Å²) in [5.74, 6) is -0.368. The van der Waals surface area contributed by atoms with E-state index < -0.39 is 0 Å². The SMILES string of the molecule is CCN1CCCN(C(=O)c2ccc(C)c(F)c2)CC1. The third-order valence-corrected chi connectivity index (χ3v) is 3.74. The molecule has 104 valence electrons. The van der Waals surface area contributed by atoms with Crippen LogP contribution in [0.4, 0.5) is 4.39 Å². The normalized spacial score (nSPS) is 17.3. The van der Waals surface area contributed by atoms with Gasteiger partial charge in [0, 0.05) is 25.2 Å². The van der Waals surface area contributed by atoms with Crippen LogP contribution in [0.1, 0.15) is 29.3 Å². The van der Waals surface area contributed by atoms with Crippen LogP contribution < -0.4 is 0 Å².